The summed E-state index contributed by atoms with van der Waals surface area (Å²) in [6, 6.07) is 11.8. The molecule has 1 aliphatic heterocycles. The summed E-state index contributed by atoms with van der Waals surface area (Å²) in [6.45, 7) is 4.98. The van der Waals surface area contributed by atoms with Gasteiger partial charge in [0.25, 0.3) is 0 Å². The van der Waals surface area contributed by atoms with Crippen molar-refractivity contribution in [3.8, 4) is 5.75 Å². The van der Waals surface area contributed by atoms with Crippen molar-refractivity contribution in [3.63, 3.8) is 0 Å². The molecular formula is C21H22ClN3O2S. The molecule has 146 valence electrons. The van der Waals surface area contributed by atoms with Crippen LogP contribution in [-0.4, -0.2) is 49.1 Å². The largest absolute Gasteiger partial charge is 0.494 e. The Morgan fingerprint density at radius 1 is 1.14 bits per heavy atom. The second kappa shape index (κ2) is 7.97. The fraction of sp³-hybridized carbons (Fsp3) is 0.333. The second-order valence-electron chi connectivity index (χ2n) is 6.95. The van der Waals surface area contributed by atoms with Gasteiger partial charge < -0.3 is 14.5 Å². The molecule has 28 heavy (non-hydrogen) atoms. The number of piperazine rings is 1. The van der Waals surface area contributed by atoms with Crippen LogP contribution in [0.25, 0.3) is 10.2 Å². The van der Waals surface area contributed by atoms with Gasteiger partial charge in [0.1, 0.15) is 11.3 Å². The third-order valence-corrected chi connectivity index (χ3v) is 6.62. The fourth-order valence-corrected chi connectivity index (χ4v) is 4.69. The first kappa shape index (κ1) is 19.0. The Labute approximate surface area is 173 Å². The average molecular weight is 416 g/mol. The van der Waals surface area contributed by atoms with Crippen LogP contribution in [0.15, 0.2) is 36.4 Å². The van der Waals surface area contributed by atoms with Crippen molar-refractivity contribution in [1.29, 1.82) is 0 Å². The van der Waals surface area contributed by atoms with Gasteiger partial charge in [0.15, 0.2) is 5.13 Å². The minimum absolute atomic E-state index is 0.178. The van der Waals surface area contributed by atoms with E-state index in [0.29, 0.717) is 24.5 Å². The van der Waals surface area contributed by atoms with Crippen molar-refractivity contribution in [1.82, 2.24) is 9.88 Å². The molecule has 1 aliphatic rings. The van der Waals surface area contributed by atoms with Gasteiger partial charge in [0.05, 0.1) is 23.3 Å². The Balaban J connectivity index is 1.42. The number of carbonyl (C=O) groups excluding carboxylic acids is 1. The van der Waals surface area contributed by atoms with Crippen LogP contribution in [0.2, 0.25) is 5.02 Å². The standard InChI is InChI=1S/C21H22ClN3O2S/c1-14-3-5-15(6-4-14)13-18(26)24-9-11-25(12-10-24)21-23-19-17(27-2)8-7-16(22)20(19)28-21/h3-8H,9-13H2,1-2H3. The topological polar surface area (TPSA) is 45.7 Å². The summed E-state index contributed by atoms with van der Waals surface area (Å²) in [5.41, 5.74) is 3.07. The van der Waals surface area contributed by atoms with E-state index in [1.165, 1.54) is 5.56 Å². The van der Waals surface area contributed by atoms with Crippen LogP contribution < -0.4 is 9.64 Å². The van der Waals surface area contributed by atoms with E-state index in [1.807, 2.05) is 41.3 Å². The highest BCUT2D eigenvalue weighted by Crippen LogP contribution is 2.38. The predicted octanol–water partition coefficient (Wildman–Crippen LogP) is 4.16. The van der Waals surface area contributed by atoms with Gasteiger partial charge in [-0.2, -0.15) is 0 Å². The van der Waals surface area contributed by atoms with E-state index in [9.17, 15) is 4.79 Å². The first-order chi connectivity index (χ1) is 13.5. The molecule has 0 saturated carbocycles. The summed E-state index contributed by atoms with van der Waals surface area (Å²) in [5, 5.41) is 1.61. The first-order valence-corrected chi connectivity index (χ1v) is 10.5. The van der Waals surface area contributed by atoms with Gasteiger partial charge in [-0.05, 0) is 24.6 Å². The lowest BCUT2D eigenvalue weighted by Gasteiger charge is -2.34. The summed E-state index contributed by atoms with van der Waals surface area (Å²) >= 11 is 7.91. The molecule has 7 heteroatoms. The quantitative estimate of drug-likeness (QED) is 0.642. The normalized spacial score (nSPS) is 14.5. The van der Waals surface area contributed by atoms with E-state index < -0.39 is 0 Å². The van der Waals surface area contributed by atoms with E-state index >= 15 is 0 Å². The minimum atomic E-state index is 0.178. The molecule has 0 bridgehead atoms. The molecule has 1 fully saturated rings. The molecular weight excluding hydrogens is 394 g/mol. The minimum Gasteiger partial charge on any atom is -0.494 e. The Morgan fingerprint density at radius 3 is 2.54 bits per heavy atom. The van der Waals surface area contributed by atoms with Crippen LogP contribution in [0.4, 0.5) is 5.13 Å². The van der Waals surface area contributed by atoms with Crippen molar-refractivity contribution in [2.24, 2.45) is 0 Å². The van der Waals surface area contributed by atoms with Gasteiger partial charge >= 0.3 is 0 Å². The van der Waals surface area contributed by atoms with Crippen molar-refractivity contribution in [2.45, 2.75) is 13.3 Å². The highest BCUT2D eigenvalue weighted by Gasteiger charge is 2.24. The molecule has 0 aliphatic carbocycles. The van der Waals surface area contributed by atoms with Gasteiger partial charge in [-0.1, -0.05) is 52.8 Å². The number of nitrogens with zero attached hydrogens (tertiary/aromatic N) is 3. The SMILES string of the molecule is COc1ccc(Cl)c2sc(N3CCN(C(=O)Cc4ccc(C)cc4)CC3)nc12. The monoisotopic (exact) mass is 415 g/mol. The molecule has 2 aromatic carbocycles. The third-order valence-electron chi connectivity index (χ3n) is 5.05. The maximum atomic E-state index is 12.6. The van der Waals surface area contributed by atoms with Crippen molar-refractivity contribution in [3.05, 3.63) is 52.5 Å². The van der Waals surface area contributed by atoms with Crippen molar-refractivity contribution in [2.75, 3.05) is 38.2 Å². The number of halogens is 1. The van der Waals surface area contributed by atoms with Crippen LogP contribution in [0.3, 0.4) is 0 Å². The molecule has 3 aromatic rings. The number of methoxy groups -OCH3 is 1. The van der Waals surface area contributed by atoms with Crippen LogP contribution in [0.5, 0.6) is 5.75 Å². The maximum absolute atomic E-state index is 12.6. The van der Waals surface area contributed by atoms with Gasteiger partial charge in [-0.25, -0.2) is 4.98 Å². The van der Waals surface area contributed by atoms with E-state index in [2.05, 4.69) is 11.8 Å². The first-order valence-electron chi connectivity index (χ1n) is 9.26. The number of anilines is 1. The lowest BCUT2D eigenvalue weighted by atomic mass is 10.1. The summed E-state index contributed by atoms with van der Waals surface area (Å²) in [6.07, 6.45) is 0.453. The van der Waals surface area contributed by atoms with Crippen LogP contribution in [0, 0.1) is 6.92 Å². The second-order valence-corrected chi connectivity index (χ2v) is 8.34. The van der Waals surface area contributed by atoms with Crippen molar-refractivity contribution < 1.29 is 9.53 Å². The number of aromatic nitrogens is 1. The third kappa shape index (κ3) is 3.80. The highest BCUT2D eigenvalue weighted by molar-refractivity contribution is 7.22. The molecule has 1 amide bonds. The van der Waals surface area contributed by atoms with Gasteiger partial charge in [-0.15, -0.1) is 0 Å². The number of aryl methyl sites for hydroxylation is 1. The highest BCUT2D eigenvalue weighted by atomic mass is 35.5. The molecule has 0 radical (unpaired) electrons. The summed E-state index contributed by atoms with van der Waals surface area (Å²) in [4.78, 5) is 21.5. The number of rotatable bonds is 4. The molecule has 0 atom stereocenters. The number of carbonyl (C=O) groups is 1. The molecule has 0 spiro atoms. The Morgan fingerprint density at radius 2 is 1.86 bits per heavy atom. The Kier molecular flexibility index (Phi) is 5.42. The smallest absolute Gasteiger partial charge is 0.227 e. The zero-order valence-corrected chi connectivity index (χ0v) is 17.5. The van der Waals surface area contributed by atoms with Crippen LogP contribution in [0.1, 0.15) is 11.1 Å². The number of amides is 1. The van der Waals surface area contributed by atoms with Crippen LogP contribution >= 0.6 is 22.9 Å². The molecule has 5 nitrogen and oxygen atoms in total. The van der Waals surface area contributed by atoms with Gasteiger partial charge in [-0.3, -0.25) is 4.79 Å². The summed E-state index contributed by atoms with van der Waals surface area (Å²) in [7, 11) is 1.64. The fourth-order valence-electron chi connectivity index (χ4n) is 3.38. The lowest BCUT2D eigenvalue weighted by Crippen LogP contribution is -2.49. The Bertz CT molecular complexity index is 995. The van der Waals surface area contributed by atoms with E-state index in [1.54, 1.807) is 18.4 Å². The molecule has 2 heterocycles. The molecule has 1 aromatic heterocycles. The number of thiazole rings is 1. The number of fused-ring (bicyclic) bond motifs is 1. The zero-order valence-electron chi connectivity index (χ0n) is 15.9. The summed E-state index contributed by atoms with van der Waals surface area (Å²) < 4.78 is 6.35. The summed E-state index contributed by atoms with van der Waals surface area (Å²) in [5.74, 6) is 0.909. The average Bonchev–Trinajstić information content (AvgIpc) is 3.16. The lowest BCUT2D eigenvalue weighted by molar-refractivity contribution is -0.130. The van der Waals surface area contributed by atoms with Gasteiger partial charge in [0, 0.05) is 26.2 Å². The maximum Gasteiger partial charge on any atom is 0.227 e. The van der Waals surface area contributed by atoms with Crippen LogP contribution in [-0.2, 0) is 11.2 Å². The number of ether oxygens (including phenoxy) is 1. The predicted molar refractivity (Wildman–Crippen MR) is 115 cm³/mol. The Hall–Kier alpha value is -2.31. The van der Waals surface area contributed by atoms with Crippen molar-refractivity contribution >= 4 is 44.2 Å². The zero-order chi connectivity index (χ0) is 19.7. The van der Waals surface area contributed by atoms with E-state index in [0.717, 1.165) is 39.8 Å². The molecule has 4 rings (SSSR count). The van der Waals surface area contributed by atoms with E-state index in [4.69, 9.17) is 21.3 Å². The van der Waals surface area contributed by atoms with Gasteiger partial charge in [0.2, 0.25) is 5.91 Å². The number of benzene rings is 2. The molecule has 0 unspecified atom stereocenters. The number of hydrogen-bond donors (Lipinski definition) is 0. The molecule has 0 N–H and O–H groups in total. The van der Waals surface area contributed by atoms with E-state index in [-0.39, 0.29) is 5.91 Å². The number of hydrogen-bond acceptors (Lipinski definition) is 5. The molecule has 1 saturated heterocycles.